The first-order valence-electron chi connectivity index (χ1n) is 7.89. The van der Waals surface area contributed by atoms with Crippen molar-refractivity contribution in [2.75, 3.05) is 11.7 Å². The molecule has 1 aliphatic heterocycles. The Labute approximate surface area is 149 Å². The molecule has 0 bridgehead atoms. The lowest BCUT2D eigenvalue weighted by Gasteiger charge is -2.39. The number of carbonyl (C=O) groups excluding carboxylic acids is 1. The van der Waals surface area contributed by atoms with Gasteiger partial charge in [0.05, 0.1) is 12.3 Å². The number of amides is 1. The lowest BCUT2D eigenvalue weighted by molar-refractivity contribution is -0.295. The summed E-state index contributed by atoms with van der Waals surface area (Å²) in [7, 11) is 0. The Balaban J connectivity index is 2.20. The van der Waals surface area contributed by atoms with E-state index in [0.29, 0.717) is 12.4 Å². The second-order valence-electron chi connectivity index (χ2n) is 5.58. The molecule has 0 spiro atoms. The van der Waals surface area contributed by atoms with Crippen molar-refractivity contribution in [1.82, 2.24) is 0 Å². The third kappa shape index (κ3) is 4.29. The van der Waals surface area contributed by atoms with Gasteiger partial charge in [-0.05, 0) is 31.2 Å². The Morgan fingerprint density at radius 2 is 1.73 bits per heavy atom. The van der Waals surface area contributed by atoms with Gasteiger partial charge in [-0.15, -0.1) is 0 Å². The molecule has 0 aliphatic carbocycles. The average Bonchev–Trinajstić information content (AvgIpc) is 2.60. The van der Waals surface area contributed by atoms with Crippen LogP contribution in [-0.4, -0.2) is 69.6 Å². The summed E-state index contributed by atoms with van der Waals surface area (Å²) in [5.41, 5.74) is 0.268. The Bertz CT molecular complexity index is 635. The number of nitrogens with zero attached hydrogens (tertiary/aromatic N) is 1. The summed E-state index contributed by atoms with van der Waals surface area (Å²) >= 11 is 0. The van der Waals surface area contributed by atoms with E-state index in [9.17, 15) is 24.9 Å². The maximum atomic E-state index is 11.9. The highest BCUT2D eigenvalue weighted by Crippen LogP contribution is 2.26. The van der Waals surface area contributed by atoms with Crippen molar-refractivity contribution in [3.05, 3.63) is 24.3 Å². The second-order valence-corrected chi connectivity index (χ2v) is 5.58. The Kier molecular flexibility index (Phi) is 6.51. The number of aliphatic carboxylic acids is 1. The van der Waals surface area contributed by atoms with E-state index in [2.05, 4.69) is 0 Å². The number of aliphatic hydroxyl groups excluding tert-OH is 3. The monoisotopic (exact) mass is 371 g/mol. The number of hydroxylamine groups is 1. The van der Waals surface area contributed by atoms with E-state index in [0.717, 1.165) is 5.06 Å². The minimum Gasteiger partial charge on any atom is -0.494 e. The number of carboxylic acid groups (broad SMARTS) is 1. The SMILES string of the molecule is CCOc1ccc(N(OC2OC(C(=O)O)C(O)C(O)C2O)C(C)=O)cc1. The highest BCUT2D eigenvalue weighted by atomic mass is 16.8. The molecule has 0 radical (unpaired) electrons. The summed E-state index contributed by atoms with van der Waals surface area (Å²) in [5.74, 6) is -1.57. The van der Waals surface area contributed by atoms with E-state index in [1.807, 2.05) is 6.92 Å². The van der Waals surface area contributed by atoms with Crippen LogP contribution >= 0.6 is 0 Å². The zero-order chi connectivity index (χ0) is 19.4. The highest BCUT2D eigenvalue weighted by molar-refractivity contribution is 5.89. The fourth-order valence-corrected chi connectivity index (χ4v) is 2.40. The largest absolute Gasteiger partial charge is 0.494 e. The van der Waals surface area contributed by atoms with Gasteiger partial charge in [0.15, 0.2) is 6.10 Å². The van der Waals surface area contributed by atoms with Crippen LogP contribution in [-0.2, 0) is 19.2 Å². The number of aliphatic hydroxyl groups is 3. The standard InChI is InChI=1S/C16H21NO9/c1-3-24-10-6-4-9(5-7-10)17(8(2)18)26-16-13(21)11(19)12(20)14(25-16)15(22)23/h4-7,11-14,16,19-21H,3H2,1-2H3,(H,22,23). The van der Waals surface area contributed by atoms with Gasteiger partial charge in [-0.1, -0.05) is 0 Å². The first-order valence-corrected chi connectivity index (χ1v) is 7.89. The second kappa shape index (κ2) is 8.43. The molecule has 5 unspecified atom stereocenters. The van der Waals surface area contributed by atoms with Crippen molar-refractivity contribution >= 4 is 17.6 Å². The molecular formula is C16H21NO9. The molecule has 1 saturated heterocycles. The van der Waals surface area contributed by atoms with E-state index in [1.54, 1.807) is 12.1 Å². The predicted octanol–water partition coefficient (Wildman–Crippen LogP) is -0.738. The molecule has 1 fully saturated rings. The Hall–Kier alpha value is -2.24. The maximum Gasteiger partial charge on any atom is 0.335 e. The first-order chi connectivity index (χ1) is 12.3. The zero-order valence-electron chi connectivity index (χ0n) is 14.2. The van der Waals surface area contributed by atoms with Crippen molar-refractivity contribution in [2.45, 2.75) is 44.6 Å². The third-order valence-corrected chi connectivity index (χ3v) is 3.69. The molecule has 1 aromatic carbocycles. The van der Waals surface area contributed by atoms with Crippen LogP contribution in [0.4, 0.5) is 5.69 Å². The molecule has 144 valence electrons. The van der Waals surface area contributed by atoms with Crippen LogP contribution in [0.25, 0.3) is 0 Å². The van der Waals surface area contributed by atoms with Crippen molar-refractivity contribution in [3.8, 4) is 5.75 Å². The molecule has 0 saturated carbocycles. The van der Waals surface area contributed by atoms with E-state index in [1.165, 1.54) is 19.1 Å². The van der Waals surface area contributed by atoms with Gasteiger partial charge in [0.2, 0.25) is 12.2 Å². The van der Waals surface area contributed by atoms with Crippen LogP contribution in [0.1, 0.15) is 13.8 Å². The van der Waals surface area contributed by atoms with E-state index in [-0.39, 0.29) is 5.69 Å². The lowest BCUT2D eigenvalue weighted by Crippen LogP contribution is -2.61. The van der Waals surface area contributed by atoms with Crippen LogP contribution in [0.5, 0.6) is 5.75 Å². The molecule has 1 amide bonds. The predicted molar refractivity (Wildman–Crippen MR) is 86.2 cm³/mol. The van der Waals surface area contributed by atoms with Crippen molar-refractivity contribution in [2.24, 2.45) is 0 Å². The van der Waals surface area contributed by atoms with Gasteiger partial charge in [-0.25, -0.2) is 9.63 Å². The minimum atomic E-state index is -1.85. The minimum absolute atomic E-state index is 0.268. The number of hydrogen-bond acceptors (Lipinski definition) is 8. The molecule has 1 aliphatic rings. The van der Waals surface area contributed by atoms with E-state index >= 15 is 0 Å². The summed E-state index contributed by atoms with van der Waals surface area (Å²) < 4.78 is 10.3. The van der Waals surface area contributed by atoms with Gasteiger partial charge in [-0.3, -0.25) is 4.79 Å². The van der Waals surface area contributed by atoms with E-state index in [4.69, 9.17) is 19.4 Å². The number of anilines is 1. The van der Waals surface area contributed by atoms with Crippen LogP contribution in [0.2, 0.25) is 0 Å². The zero-order valence-corrected chi connectivity index (χ0v) is 14.2. The lowest BCUT2D eigenvalue weighted by atomic mass is 9.99. The molecule has 10 heteroatoms. The smallest absolute Gasteiger partial charge is 0.335 e. The fraction of sp³-hybridized carbons (Fsp3) is 0.500. The molecule has 1 aromatic rings. The van der Waals surface area contributed by atoms with Crippen molar-refractivity contribution in [1.29, 1.82) is 0 Å². The van der Waals surface area contributed by atoms with Crippen LogP contribution in [0, 0.1) is 0 Å². The summed E-state index contributed by atoms with van der Waals surface area (Å²) in [6.45, 7) is 3.47. The number of carboxylic acids is 1. The highest BCUT2D eigenvalue weighted by Gasteiger charge is 2.48. The summed E-state index contributed by atoms with van der Waals surface area (Å²) in [6, 6.07) is 6.22. The molecule has 10 nitrogen and oxygen atoms in total. The topological polar surface area (TPSA) is 146 Å². The van der Waals surface area contributed by atoms with Crippen molar-refractivity contribution < 1.29 is 44.3 Å². The molecule has 4 N–H and O–H groups in total. The summed E-state index contributed by atoms with van der Waals surface area (Å²) in [4.78, 5) is 28.3. The number of ether oxygens (including phenoxy) is 2. The van der Waals surface area contributed by atoms with Gasteiger partial charge in [0, 0.05) is 6.92 Å². The van der Waals surface area contributed by atoms with Gasteiger partial charge in [0.1, 0.15) is 24.1 Å². The number of benzene rings is 1. The summed E-state index contributed by atoms with van der Waals surface area (Å²) in [5, 5.41) is 39.3. The molecule has 2 rings (SSSR count). The Morgan fingerprint density at radius 3 is 2.23 bits per heavy atom. The van der Waals surface area contributed by atoms with Crippen LogP contribution in [0.3, 0.4) is 0 Å². The molecule has 26 heavy (non-hydrogen) atoms. The molecular weight excluding hydrogens is 350 g/mol. The number of rotatable bonds is 6. The number of carbonyl (C=O) groups is 2. The van der Waals surface area contributed by atoms with E-state index < -0.39 is 42.6 Å². The molecule has 5 atom stereocenters. The molecule has 1 heterocycles. The van der Waals surface area contributed by atoms with Gasteiger partial charge in [-0.2, -0.15) is 5.06 Å². The van der Waals surface area contributed by atoms with Gasteiger partial charge < -0.3 is 29.9 Å². The third-order valence-electron chi connectivity index (χ3n) is 3.69. The molecule has 0 aromatic heterocycles. The fourth-order valence-electron chi connectivity index (χ4n) is 2.40. The number of hydrogen-bond donors (Lipinski definition) is 4. The van der Waals surface area contributed by atoms with Crippen LogP contribution in [0.15, 0.2) is 24.3 Å². The van der Waals surface area contributed by atoms with Gasteiger partial charge >= 0.3 is 5.97 Å². The quantitative estimate of drug-likeness (QED) is 0.475. The Morgan fingerprint density at radius 1 is 1.12 bits per heavy atom. The van der Waals surface area contributed by atoms with Crippen molar-refractivity contribution in [3.63, 3.8) is 0 Å². The maximum absolute atomic E-state index is 11.9. The summed E-state index contributed by atoms with van der Waals surface area (Å²) in [6.07, 6.45) is -8.97. The van der Waals surface area contributed by atoms with Gasteiger partial charge in [0.25, 0.3) is 0 Å². The average molecular weight is 371 g/mol. The normalized spacial score (nSPS) is 28.4. The first kappa shape index (κ1) is 20.1. The van der Waals surface area contributed by atoms with Crippen LogP contribution < -0.4 is 9.80 Å².